The van der Waals surface area contributed by atoms with Crippen LogP contribution < -0.4 is 10.5 Å². The molecule has 4 N–H and O–H groups in total. The lowest BCUT2D eigenvalue weighted by atomic mass is 10.3. The molecular weight excluding hydrogens is 316 g/mol. The molecule has 116 valence electrons. The van der Waals surface area contributed by atoms with Crippen LogP contribution in [0.4, 0.5) is 5.69 Å². The van der Waals surface area contributed by atoms with E-state index in [1.165, 1.54) is 0 Å². The number of carbonyl (C=O) groups excluding carboxylic acids is 1. The molecule has 9 heteroatoms. The van der Waals surface area contributed by atoms with Crippen molar-refractivity contribution in [1.29, 1.82) is 0 Å². The van der Waals surface area contributed by atoms with Crippen molar-refractivity contribution in [3.63, 3.8) is 0 Å². The van der Waals surface area contributed by atoms with Crippen molar-refractivity contribution >= 4 is 39.3 Å². The summed E-state index contributed by atoms with van der Waals surface area (Å²) in [6, 6.07) is 6.61. The minimum atomic E-state index is -3.63. The lowest BCUT2D eigenvalue weighted by Crippen LogP contribution is -2.18. The van der Waals surface area contributed by atoms with Gasteiger partial charge in [-0.15, -0.1) is 11.8 Å². The highest BCUT2D eigenvalue weighted by Gasteiger charge is 2.14. The third-order valence-electron chi connectivity index (χ3n) is 2.33. The molecule has 0 spiro atoms. The summed E-state index contributed by atoms with van der Waals surface area (Å²) in [7, 11) is -3.63. The van der Waals surface area contributed by atoms with Crippen LogP contribution >= 0.6 is 11.8 Å². The first-order chi connectivity index (χ1) is 9.80. The Hall–Kier alpha value is -1.74. The van der Waals surface area contributed by atoms with Crippen LogP contribution in [-0.4, -0.2) is 36.9 Å². The zero-order valence-corrected chi connectivity index (χ0v) is 12.7. The van der Waals surface area contributed by atoms with E-state index >= 15 is 0 Å². The third-order valence-corrected chi connectivity index (χ3v) is 4.78. The van der Waals surface area contributed by atoms with Crippen LogP contribution in [0.3, 0.4) is 0 Å². The lowest BCUT2D eigenvalue weighted by molar-refractivity contribution is -0.137. The van der Waals surface area contributed by atoms with Crippen molar-refractivity contribution in [2.75, 3.05) is 16.2 Å². The highest BCUT2D eigenvalue weighted by atomic mass is 32.2. The van der Waals surface area contributed by atoms with E-state index in [1.54, 1.807) is 24.3 Å². The van der Waals surface area contributed by atoms with Gasteiger partial charge in [0.05, 0.1) is 17.2 Å². The van der Waals surface area contributed by atoms with Gasteiger partial charge in [0.15, 0.2) is 0 Å². The number of primary amides is 1. The minimum Gasteiger partial charge on any atom is -0.481 e. The normalized spacial score (nSPS) is 11.0. The van der Waals surface area contributed by atoms with Gasteiger partial charge in [-0.1, -0.05) is 12.1 Å². The molecule has 21 heavy (non-hydrogen) atoms. The van der Waals surface area contributed by atoms with Crippen molar-refractivity contribution in [1.82, 2.24) is 0 Å². The Morgan fingerprint density at radius 2 is 1.95 bits per heavy atom. The second-order valence-corrected chi connectivity index (χ2v) is 7.03. The number of rotatable bonds is 9. The van der Waals surface area contributed by atoms with Gasteiger partial charge in [-0.2, -0.15) is 0 Å². The molecule has 7 nitrogen and oxygen atoms in total. The van der Waals surface area contributed by atoms with E-state index in [0.29, 0.717) is 10.6 Å². The highest BCUT2D eigenvalue weighted by molar-refractivity contribution is 8.00. The Morgan fingerprint density at radius 1 is 1.29 bits per heavy atom. The maximum atomic E-state index is 11.9. The van der Waals surface area contributed by atoms with E-state index in [9.17, 15) is 18.0 Å². The number of hydrogen-bond donors (Lipinski definition) is 3. The van der Waals surface area contributed by atoms with Crippen molar-refractivity contribution in [2.24, 2.45) is 5.73 Å². The maximum Gasteiger partial charge on any atom is 0.303 e. The molecule has 0 radical (unpaired) electrons. The predicted octanol–water partition coefficient (Wildman–Crippen LogP) is 0.871. The first-order valence-electron chi connectivity index (χ1n) is 6.02. The van der Waals surface area contributed by atoms with Crippen molar-refractivity contribution in [2.45, 2.75) is 17.7 Å². The lowest BCUT2D eigenvalue weighted by Gasteiger charge is -2.11. The Morgan fingerprint density at radius 3 is 2.57 bits per heavy atom. The predicted molar refractivity (Wildman–Crippen MR) is 80.6 cm³/mol. The molecule has 0 bridgehead atoms. The Balaban J connectivity index is 2.72. The number of thioether (sulfide) groups is 1. The van der Waals surface area contributed by atoms with Crippen LogP contribution in [0, 0.1) is 0 Å². The molecule has 0 saturated carbocycles. The molecule has 1 aromatic carbocycles. The molecule has 1 amide bonds. The van der Waals surface area contributed by atoms with Gasteiger partial charge in [0.1, 0.15) is 0 Å². The van der Waals surface area contributed by atoms with E-state index in [-0.39, 0.29) is 24.3 Å². The van der Waals surface area contributed by atoms with Crippen molar-refractivity contribution in [3.8, 4) is 0 Å². The molecule has 0 fully saturated rings. The fraction of sp³-hybridized carbons (Fsp3) is 0.333. The van der Waals surface area contributed by atoms with Crippen LogP contribution in [0.1, 0.15) is 12.8 Å². The summed E-state index contributed by atoms with van der Waals surface area (Å²) in [5.41, 5.74) is 5.40. The minimum absolute atomic E-state index is 0.0290. The number of anilines is 1. The Kier molecular flexibility index (Phi) is 6.50. The first kappa shape index (κ1) is 17.3. The van der Waals surface area contributed by atoms with Crippen molar-refractivity contribution < 1.29 is 23.1 Å². The average molecular weight is 332 g/mol. The van der Waals surface area contributed by atoms with Crippen LogP contribution in [0.15, 0.2) is 29.2 Å². The Labute approximate surface area is 127 Å². The van der Waals surface area contributed by atoms with Gasteiger partial charge in [-0.05, 0) is 18.6 Å². The van der Waals surface area contributed by atoms with E-state index in [1.807, 2.05) is 0 Å². The Bertz CT molecular complexity index is 616. The van der Waals surface area contributed by atoms with E-state index in [2.05, 4.69) is 4.72 Å². The molecular formula is C12H16N2O5S2. The van der Waals surface area contributed by atoms with Gasteiger partial charge in [0, 0.05) is 11.3 Å². The molecule has 0 unspecified atom stereocenters. The smallest absolute Gasteiger partial charge is 0.303 e. The average Bonchev–Trinajstić information content (AvgIpc) is 2.36. The number of nitrogens with one attached hydrogen (secondary N) is 1. The standard InChI is InChI=1S/C12H16N2O5S2/c13-11(15)8-20-10-5-2-1-4-9(10)14-21(18,19)7-3-6-12(16)17/h1-2,4-5,14H,3,6-8H2,(H2,13,15)(H,16,17). The van der Waals surface area contributed by atoms with Crippen LogP contribution in [-0.2, 0) is 19.6 Å². The number of nitrogens with two attached hydrogens (primary N) is 1. The number of amides is 1. The first-order valence-corrected chi connectivity index (χ1v) is 8.66. The summed E-state index contributed by atoms with van der Waals surface area (Å²) >= 11 is 1.13. The molecule has 0 heterocycles. The molecule has 0 atom stereocenters. The molecule has 1 rings (SSSR count). The number of carboxylic acid groups (broad SMARTS) is 1. The van der Waals surface area contributed by atoms with Gasteiger partial charge >= 0.3 is 5.97 Å². The van der Waals surface area contributed by atoms with Crippen LogP contribution in [0.5, 0.6) is 0 Å². The number of carbonyl (C=O) groups is 2. The summed E-state index contributed by atoms with van der Waals surface area (Å²) in [4.78, 5) is 21.7. The number of carboxylic acids is 1. The van der Waals surface area contributed by atoms with Crippen molar-refractivity contribution in [3.05, 3.63) is 24.3 Å². The van der Waals surface area contributed by atoms with Gasteiger partial charge in [0.2, 0.25) is 15.9 Å². The second-order valence-electron chi connectivity index (χ2n) is 4.17. The number of hydrogen-bond acceptors (Lipinski definition) is 5. The molecule has 1 aromatic rings. The third kappa shape index (κ3) is 7.00. The zero-order valence-electron chi connectivity index (χ0n) is 11.1. The van der Waals surface area contributed by atoms with E-state index < -0.39 is 21.9 Å². The molecule has 0 aromatic heterocycles. The highest BCUT2D eigenvalue weighted by Crippen LogP contribution is 2.27. The summed E-state index contributed by atoms with van der Waals surface area (Å²) in [5.74, 6) is -1.78. The summed E-state index contributed by atoms with van der Waals surface area (Å²) in [6.07, 6.45) is -0.180. The van der Waals surface area contributed by atoms with E-state index in [4.69, 9.17) is 10.8 Å². The summed E-state index contributed by atoms with van der Waals surface area (Å²) in [6.45, 7) is 0. The maximum absolute atomic E-state index is 11.9. The zero-order chi connectivity index (χ0) is 15.9. The van der Waals surface area contributed by atoms with Crippen LogP contribution in [0.25, 0.3) is 0 Å². The monoisotopic (exact) mass is 332 g/mol. The fourth-order valence-corrected chi connectivity index (χ4v) is 3.41. The SMILES string of the molecule is NC(=O)CSc1ccccc1NS(=O)(=O)CCCC(=O)O. The topological polar surface area (TPSA) is 127 Å². The fourth-order valence-electron chi connectivity index (χ4n) is 1.46. The van der Waals surface area contributed by atoms with E-state index in [0.717, 1.165) is 11.8 Å². The number of para-hydroxylation sites is 1. The molecule has 0 aliphatic rings. The van der Waals surface area contributed by atoms with Crippen LogP contribution in [0.2, 0.25) is 0 Å². The second kappa shape index (κ2) is 7.89. The van der Waals surface area contributed by atoms with Gasteiger partial charge < -0.3 is 10.8 Å². The quantitative estimate of drug-likeness (QED) is 0.576. The number of benzene rings is 1. The van der Waals surface area contributed by atoms with Gasteiger partial charge in [-0.3, -0.25) is 14.3 Å². The van der Waals surface area contributed by atoms with Gasteiger partial charge in [-0.25, -0.2) is 8.42 Å². The van der Waals surface area contributed by atoms with Gasteiger partial charge in [0.25, 0.3) is 0 Å². The number of aliphatic carboxylic acids is 1. The molecule has 0 aliphatic heterocycles. The molecule has 0 saturated heterocycles. The number of sulfonamides is 1. The summed E-state index contributed by atoms with van der Waals surface area (Å²) < 4.78 is 26.1. The summed E-state index contributed by atoms with van der Waals surface area (Å²) in [5, 5.41) is 8.50. The largest absolute Gasteiger partial charge is 0.481 e. The molecule has 0 aliphatic carbocycles.